The Morgan fingerprint density at radius 3 is 2.55 bits per heavy atom. The van der Waals surface area contributed by atoms with Crippen LogP contribution in [-0.2, 0) is 9.63 Å². The number of nitrogens with zero attached hydrogens (tertiary/aromatic N) is 6. The molecule has 3 saturated heterocycles. The number of likely N-dealkylation sites (N-methyl/N-ethyl adjacent to an activating group) is 1. The Bertz CT molecular complexity index is 1600. The lowest BCUT2D eigenvalue weighted by Gasteiger charge is -2.39. The van der Waals surface area contributed by atoms with Crippen LogP contribution in [0.4, 0.5) is 37.5 Å². The highest BCUT2D eigenvalue weighted by Crippen LogP contribution is 2.41. The quantitative estimate of drug-likeness (QED) is 0.289. The maximum absolute atomic E-state index is 14.0. The third-order valence-electron chi connectivity index (χ3n) is 9.38. The molecule has 11 nitrogen and oxygen atoms in total. The molecule has 0 saturated carbocycles. The van der Waals surface area contributed by atoms with Gasteiger partial charge in [-0.1, -0.05) is 12.6 Å². The molecule has 250 valence electrons. The van der Waals surface area contributed by atoms with Gasteiger partial charge in [0.05, 0.1) is 36.8 Å². The fraction of sp³-hybridized carbons (Fsp3) is 0.441. The average Bonchev–Trinajstić information content (AvgIpc) is 3.78. The second kappa shape index (κ2) is 14.2. The molecule has 2 aromatic carbocycles. The number of rotatable bonds is 10. The topological polar surface area (TPSA) is 98.3 Å². The SMILES string of the molecule is C=CC(=O)Nc1cc(Nc2cc(N3OCC[C@@H]3c3ccc(F)c(F)c3)ncn2)c(OC)cc1N1CCC(N2CC[C@@H](N(C)C)C2)CC1. The van der Waals surface area contributed by atoms with Gasteiger partial charge in [0.1, 0.15) is 17.9 Å². The average molecular weight is 649 g/mol. The van der Waals surface area contributed by atoms with Gasteiger partial charge < -0.3 is 25.2 Å². The summed E-state index contributed by atoms with van der Waals surface area (Å²) in [4.78, 5) is 34.4. The van der Waals surface area contributed by atoms with Gasteiger partial charge in [-0.05, 0) is 63.2 Å². The van der Waals surface area contributed by atoms with E-state index in [0.29, 0.717) is 59.4 Å². The summed E-state index contributed by atoms with van der Waals surface area (Å²) in [5.74, 6) is -0.663. The summed E-state index contributed by atoms with van der Waals surface area (Å²) in [6.07, 6.45) is 6.48. The number of piperidine rings is 1. The summed E-state index contributed by atoms with van der Waals surface area (Å²) in [7, 11) is 5.91. The maximum Gasteiger partial charge on any atom is 0.247 e. The van der Waals surface area contributed by atoms with Gasteiger partial charge in [-0.15, -0.1) is 0 Å². The number of hydrogen-bond acceptors (Lipinski definition) is 10. The number of amides is 1. The fourth-order valence-electron chi connectivity index (χ4n) is 6.77. The van der Waals surface area contributed by atoms with Crippen LogP contribution in [-0.4, -0.2) is 91.7 Å². The number of hydrogen-bond donors (Lipinski definition) is 2. The zero-order chi connectivity index (χ0) is 33.1. The minimum absolute atomic E-state index is 0.317. The van der Waals surface area contributed by atoms with Gasteiger partial charge >= 0.3 is 0 Å². The first-order valence-electron chi connectivity index (χ1n) is 16.0. The van der Waals surface area contributed by atoms with Crippen LogP contribution in [0, 0.1) is 11.6 Å². The minimum Gasteiger partial charge on any atom is -0.494 e. The van der Waals surface area contributed by atoms with E-state index in [1.165, 1.54) is 24.9 Å². The third kappa shape index (κ3) is 7.16. The molecule has 3 aliphatic heterocycles. The van der Waals surface area contributed by atoms with Crippen molar-refractivity contribution in [3.05, 3.63) is 72.6 Å². The molecule has 4 heterocycles. The first-order valence-corrected chi connectivity index (χ1v) is 16.0. The van der Waals surface area contributed by atoms with Gasteiger partial charge in [0.25, 0.3) is 0 Å². The van der Waals surface area contributed by atoms with Crippen LogP contribution in [0.3, 0.4) is 0 Å². The number of carbonyl (C=O) groups is 1. The maximum atomic E-state index is 14.0. The number of methoxy groups -OCH3 is 1. The zero-order valence-corrected chi connectivity index (χ0v) is 27.1. The number of hydroxylamine groups is 1. The largest absolute Gasteiger partial charge is 0.494 e. The number of benzene rings is 2. The highest BCUT2D eigenvalue weighted by atomic mass is 19.2. The molecule has 0 bridgehead atoms. The molecular weight excluding hydrogens is 606 g/mol. The van der Waals surface area contributed by atoms with Crippen LogP contribution in [0.15, 0.2) is 55.4 Å². The summed E-state index contributed by atoms with van der Waals surface area (Å²) in [6.45, 7) is 7.96. The molecule has 13 heteroatoms. The molecule has 1 aromatic heterocycles. The standard InChI is InChI=1S/C34H42F2N8O3/c1-5-34(45)40-27-17-28(31(46-4)18-30(27)42-12-8-23(9-13-42)43-14-10-24(20-43)41(2)3)39-32-19-33(38-21-37-32)44-29(11-15-47-44)22-6-7-25(35)26(36)16-22/h5-7,16-19,21,23-24,29H,1,8-15,20H2,2-4H3,(H,40,45)(H,37,38,39)/t24-,29-/m1/s1. The van der Waals surface area contributed by atoms with Crippen LogP contribution in [0.5, 0.6) is 5.75 Å². The number of anilines is 5. The van der Waals surface area contributed by atoms with E-state index in [0.717, 1.165) is 50.8 Å². The van der Waals surface area contributed by atoms with Gasteiger partial charge in [-0.2, -0.15) is 0 Å². The molecule has 3 aliphatic rings. The van der Waals surface area contributed by atoms with E-state index in [1.54, 1.807) is 24.3 Å². The Morgan fingerprint density at radius 2 is 1.85 bits per heavy atom. The molecule has 47 heavy (non-hydrogen) atoms. The lowest BCUT2D eigenvalue weighted by atomic mass is 10.0. The minimum atomic E-state index is -0.914. The third-order valence-corrected chi connectivity index (χ3v) is 9.38. The number of aromatic nitrogens is 2. The van der Waals surface area contributed by atoms with E-state index < -0.39 is 11.6 Å². The highest BCUT2D eigenvalue weighted by Gasteiger charge is 2.33. The van der Waals surface area contributed by atoms with Crippen molar-refractivity contribution in [1.82, 2.24) is 19.8 Å². The Balaban J connectivity index is 1.22. The predicted molar refractivity (Wildman–Crippen MR) is 178 cm³/mol. The molecule has 6 rings (SSSR count). The normalized spacial score (nSPS) is 20.6. The van der Waals surface area contributed by atoms with Crippen molar-refractivity contribution in [1.29, 1.82) is 0 Å². The molecule has 0 unspecified atom stereocenters. The van der Waals surface area contributed by atoms with E-state index in [4.69, 9.17) is 9.57 Å². The number of carbonyl (C=O) groups excluding carboxylic acids is 1. The molecule has 3 aromatic rings. The predicted octanol–water partition coefficient (Wildman–Crippen LogP) is 5.12. The lowest BCUT2D eigenvalue weighted by Crippen LogP contribution is -2.45. The van der Waals surface area contributed by atoms with Crippen LogP contribution in [0.25, 0.3) is 0 Å². The van der Waals surface area contributed by atoms with Crippen molar-refractivity contribution < 1.29 is 23.1 Å². The fourth-order valence-corrected chi connectivity index (χ4v) is 6.77. The molecule has 1 amide bonds. The summed E-state index contributed by atoms with van der Waals surface area (Å²) < 4.78 is 33.4. The van der Waals surface area contributed by atoms with Crippen LogP contribution in [0.1, 0.15) is 37.3 Å². The summed E-state index contributed by atoms with van der Waals surface area (Å²) >= 11 is 0. The molecule has 0 radical (unpaired) electrons. The van der Waals surface area contributed by atoms with E-state index in [-0.39, 0.29) is 11.9 Å². The summed E-state index contributed by atoms with van der Waals surface area (Å²) in [5, 5.41) is 7.87. The van der Waals surface area contributed by atoms with Gasteiger partial charge in [0.2, 0.25) is 5.91 Å². The Kier molecular flexibility index (Phi) is 9.85. The molecule has 0 aliphatic carbocycles. The number of likely N-dealkylation sites (tertiary alicyclic amines) is 1. The van der Waals surface area contributed by atoms with Crippen molar-refractivity contribution in [3.8, 4) is 5.75 Å². The monoisotopic (exact) mass is 648 g/mol. The number of nitrogens with one attached hydrogen (secondary N) is 2. The summed E-state index contributed by atoms with van der Waals surface area (Å²) in [6, 6.07) is 10.1. The van der Waals surface area contributed by atoms with Crippen molar-refractivity contribution in [2.75, 3.05) is 74.6 Å². The number of ether oxygens (including phenoxy) is 1. The van der Waals surface area contributed by atoms with E-state index in [2.05, 4.69) is 56.0 Å². The smallest absolute Gasteiger partial charge is 0.247 e. The van der Waals surface area contributed by atoms with E-state index in [9.17, 15) is 13.6 Å². The van der Waals surface area contributed by atoms with Gasteiger partial charge in [0, 0.05) is 56.8 Å². The lowest BCUT2D eigenvalue weighted by molar-refractivity contribution is -0.111. The number of halogens is 2. The van der Waals surface area contributed by atoms with Crippen molar-refractivity contribution in [2.45, 2.75) is 43.8 Å². The van der Waals surface area contributed by atoms with Crippen LogP contribution >= 0.6 is 0 Å². The zero-order valence-electron chi connectivity index (χ0n) is 27.1. The van der Waals surface area contributed by atoms with Crippen LogP contribution < -0.4 is 25.3 Å². The van der Waals surface area contributed by atoms with Crippen molar-refractivity contribution >= 4 is 34.6 Å². The first-order chi connectivity index (χ1) is 22.7. The van der Waals surface area contributed by atoms with E-state index >= 15 is 0 Å². The second-order valence-electron chi connectivity index (χ2n) is 12.4. The van der Waals surface area contributed by atoms with Crippen molar-refractivity contribution in [3.63, 3.8) is 0 Å². The molecule has 2 N–H and O–H groups in total. The van der Waals surface area contributed by atoms with E-state index in [1.807, 2.05) is 12.1 Å². The summed E-state index contributed by atoms with van der Waals surface area (Å²) in [5.41, 5.74) is 2.66. The van der Waals surface area contributed by atoms with Gasteiger partial charge in [-0.25, -0.2) is 23.8 Å². The molecule has 3 fully saturated rings. The van der Waals surface area contributed by atoms with Crippen molar-refractivity contribution in [2.24, 2.45) is 0 Å². The first kappa shape index (κ1) is 32.6. The van der Waals surface area contributed by atoms with Gasteiger partial charge in [0.15, 0.2) is 17.5 Å². The molecule has 0 spiro atoms. The highest BCUT2D eigenvalue weighted by molar-refractivity contribution is 6.02. The Hall–Kier alpha value is -4.33. The Morgan fingerprint density at radius 1 is 1.04 bits per heavy atom. The van der Waals surface area contributed by atoms with Crippen LogP contribution in [0.2, 0.25) is 0 Å². The Labute approximate surface area is 274 Å². The van der Waals surface area contributed by atoms with Gasteiger partial charge in [-0.3, -0.25) is 14.5 Å². The second-order valence-corrected chi connectivity index (χ2v) is 12.4. The molecule has 2 atom stereocenters. The molecular formula is C34H42F2N8O3.